The second kappa shape index (κ2) is 9.67. The van der Waals surface area contributed by atoms with Crippen LogP contribution in [-0.2, 0) is 10.8 Å². The quantitative estimate of drug-likeness (QED) is 0.396. The van der Waals surface area contributed by atoms with Gasteiger partial charge in [0.25, 0.3) is 0 Å². The van der Waals surface area contributed by atoms with Crippen LogP contribution < -0.4 is 9.64 Å². The number of rotatable bonds is 5. The molecule has 0 amide bonds. The van der Waals surface area contributed by atoms with E-state index in [1.165, 1.54) is 6.07 Å². The number of hydrogen-bond acceptors (Lipinski definition) is 8. The molecule has 4 aromatic rings. The molecule has 7 rings (SSSR count). The van der Waals surface area contributed by atoms with E-state index in [1.54, 1.807) is 12.3 Å². The van der Waals surface area contributed by atoms with Crippen molar-refractivity contribution in [1.29, 1.82) is 0 Å². The van der Waals surface area contributed by atoms with Crippen LogP contribution in [0.15, 0.2) is 42.6 Å². The van der Waals surface area contributed by atoms with Gasteiger partial charge in [-0.25, -0.2) is 4.39 Å². The molecule has 0 unspecified atom stereocenters. The molecule has 2 aromatic heterocycles. The van der Waals surface area contributed by atoms with Crippen molar-refractivity contribution in [2.24, 2.45) is 0 Å². The van der Waals surface area contributed by atoms with Crippen molar-refractivity contribution in [3.8, 4) is 23.0 Å². The summed E-state index contributed by atoms with van der Waals surface area (Å²) >= 11 is 0. The Labute approximate surface area is 228 Å². The normalized spacial score (nSPS) is 19.7. The Kier molecular flexibility index (Phi) is 6.12. The zero-order valence-electron chi connectivity index (χ0n) is 21.6. The largest absolute Gasteiger partial charge is 0.508 e. The van der Waals surface area contributed by atoms with Gasteiger partial charge in [-0.15, -0.1) is 0 Å². The van der Waals surface area contributed by atoms with Gasteiger partial charge in [-0.05, 0) is 61.7 Å². The first kappa shape index (κ1) is 24.7. The summed E-state index contributed by atoms with van der Waals surface area (Å²) in [7, 11) is -0.867. The molecule has 8 nitrogen and oxygen atoms in total. The van der Waals surface area contributed by atoms with Crippen LogP contribution in [-0.4, -0.2) is 79.0 Å². The first-order valence-corrected chi connectivity index (χ1v) is 15.1. The fourth-order valence-corrected chi connectivity index (χ4v) is 7.57. The number of aromatic hydroxyl groups is 1. The first-order valence-electron chi connectivity index (χ1n) is 13.6. The Morgan fingerprint density at radius 2 is 1.79 bits per heavy atom. The Hall–Kier alpha value is -3.37. The number of hydrogen-bond donors (Lipinski definition) is 1. The third-order valence-corrected chi connectivity index (χ3v) is 9.78. The topological polar surface area (TPSA) is 91.7 Å². The van der Waals surface area contributed by atoms with Crippen molar-refractivity contribution in [1.82, 2.24) is 19.9 Å². The van der Waals surface area contributed by atoms with Crippen LogP contribution in [0.4, 0.5) is 10.2 Å². The molecule has 202 valence electrons. The molecule has 0 spiro atoms. The van der Waals surface area contributed by atoms with Gasteiger partial charge in [0.05, 0.1) is 10.9 Å². The van der Waals surface area contributed by atoms with E-state index in [9.17, 15) is 9.32 Å². The van der Waals surface area contributed by atoms with E-state index in [1.807, 2.05) is 29.2 Å². The summed E-state index contributed by atoms with van der Waals surface area (Å²) in [4.78, 5) is 18.4. The van der Waals surface area contributed by atoms with Gasteiger partial charge in [0.15, 0.2) is 5.82 Å². The van der Waals surface area contributed by atoms with Gasteiger partial charge in [-0.2, -0.15) is 9.97 Å². The Balaban J connectivity index is 1.35. The van der Waals surface area contributed by atoms with E-state index >= 15 is 4.39 Å². The molecule has 3 saturated heterocycles. The van der Waals surface area contributed by atoms with E-state index in [0.29, 0.717) is 48.0 Å². The average Bonchev–Trinajstić information content (AvgIpc) is 3.53. The van der Waals surface area contributed by atoms with Crippen LogP contribution in [0.2, 0.25) is 0 Å². The Morgan fingerprint density at radius 3 is 2.59 bits per heavy atom. The van der Waals surface area contributed by atoms with Crippen molar-refractivity contribution in [2.45, 2.75) is 31.2 Å². The van der Waals surface area contributed by atoms with E-state index in [2.05, 4.69) is 14.9 Å². The molecule has 2 aromatic carbocycles. The minimum absolute atomic E-state index is 0.00291. The molecule has 5 heterocycles. The van der Waals surface area contributed by atoms with E-state index in [4.69, 9.17) is 9.72 Å². The molecule has 0 radical (unpaired) electrons. The van der Waals surface area contributed by atoms with Crippen molar-refractivity contribution >= 4 is 38.3 Å². The lowest BCUT2D eigenvalue weighted by Gasteiger charge is -2.32. The molecule has 3 aliphatic heterocycles. The van der Waals surface area contributed by atoms with Gasteiger partial charge in [0, 0.05) is 47.2 Å². The maximum atomic E-state index is 16.4. The number of fused-ring (bicyclic) bond motifs is 3. The number of halogens is 1. The molecule has 3 aliphatic rings. The monoisotopic (exact) mass is 547 g/mol. The van der Waals surface area contributed by atoms with Crippen LogP contribution in [0, 0.1) is 5.82 Å². The second-order valence-corrected chi connectivity index (χ2v) is 12.5. The van der Waals surface area contributed by atoms with Crippen LogP contribution in [0.1, 0.15) is 25.7 Å². The second-order valence-electron chi connectivity index (χ2n) is 10.8. The lowest BCUT2D eigenvalue weighted by atomic mass is 9.95. The fourth-order valence-electron chi connectivity index (χ4n) is 6.52. The Bertz CT molecular complexity index is 1600. The highest BCUT2D eigenvalue weighted by atomic mass is 32.2. The van der Waals surface area contributed by atoms with Crippen molar-refractivity contribution < 1.29 is 18.4 Å². The molecule has 1 N–H and O–H groups in total. The zero-order chi connectivity index (χ0) is 26.6. The summed E-state index contributed by atoms with van der Waals surface area (Å²) in [6, 6.07) is 10.8. The molecule has 10 heteroatoms. The summed E-state index contributed by atoms with van der Waals surface area (Å²) in [5.74, 6) is 1.07. The maximum absolute atomic E-state index is 16.4. The number of phenols is 1. The minimum atomic E-state index is -0.867. The van der Waals surface area contributed by atoms with Crippen LogP contribution >= 0.6 is 0 Å². The number of pyridine rings is 1. The molecular formula is C29H30FN5O3S. The smallest absolute Gasteiger partial charge is 0.319 e. The predicted molar refractivity (Wildman–Crippen MR) is 150 cm³/mol. The van der Waals surface area contributed by atoms with E-state index in [-0.39, 0.29) is 28.5 Å². The molecule has 0 saturated carbocycles. The first-order chi connectivity index (χ1) is 19.0. The lowest BCUT2D eigenvalue weighted by Crippen LogP contribution is -2.43. The fraction of sp³-hybridized carbons (Fsp3) is 0.414. The van der Waals surface area contributed by atoms with Gasteiger partial charge in [0.1, 0.15) is 29.4 Å². The van der Waals surface area contributed by atoms with Crippen molar-refractivity contribution in [3.05, 3.63) is 48.4 Å². The third-order valence-electron chi connectivity index (χ3n) is 8.50. The highest BCUT2D eigenvalue weighted by molar-refractivity contribution is 7.85. The molecular weight excluding hydrogens is 517 g/mol. The highest BCUT2D eigenvalue weighted by Gasteiger charge is 2.45. The van der Waals surface area contributed by atoms with Gasteiger partial charge in [-0.3, -0.25) is 14.1 Å². The van der Waals surface area contributed by atoms with Crippen LogP contribution in [0.5, 0.6) is 11.8 Å². The summed E-state index contributed by atoms with van der Waals surface area (Å²) in [5, 5.41) is 12.4. The highest BCUT2D eigenvalue weighted by Crippen LogP contribution is 2.40. The number of phenolic OH excluding ortho intramolecular Hbond substituents is 1. The molecule has 0 aliphatic carbocycles. The number of aromatic nitrogens is 3. The molecule has 0 bridgehead atoms. The van der Waals surface area contributed by atoms with Gasteiger partial charge in [-0.1, -0.05) is 24.3 Å². The molecule has 0 atom stereocenters. The SMILES string of the molecule is O=S1CCN(c2nc(OCC34CCCN3CCC4)nc3c(F)c(-c4cc(O)cc5ccccc45)ncc23)CC1. The predicted octanol–water partition coefficient (Wildman–Crippen LogP) is 4.27. The third kappa shape index (κ3) is 4.30. The number of benzene rings is 2. The van der Waals surface area contributed by atoms with Crippen molar-refractivity contribution in [2.75, 3.05) is 49.2 Å². The van der Waals surface area contributed by atoms with Crippen LogP contribution in [0.3, 0.4) is 0 Å². The Morgan fingerprint density at radius 1 is 1.03 bits per heavy atom. The average molecular weight is 548 g/mol. The minimum Gasteiger partial charge on any atom is -0.508 e. The number of ether oxygens (including phenoxy) is 1. The van der Waals surface area contributed by atoms with Crippen molar-refractivity contribution in [3.63, 3.8) is 0 Å². The van der Waals surface area contributed by atoms with E-state index in [0.717, 1.165) is 49.5 Å². The summed E-state index contributed by atoms with van der Waals surface area (Å²) < 4.78 is 34.7. The summed E-state index contributed by atoms with van der Waals surface area (Å²) in [6.07, 6.45) is 6.07. The lowest BCUT2D eigenvalue weighted by molar-refractivity contribution is 0.108. The maximum Gasteiger partial charge on any atom is 0.319 e. The van der Waals surface area contributed by atoms with Gasteiger partial charge < -0.3 is 14.7 Å². The standard InChI is InChI=1S/C29H30FN5O3S/c30-24-25(22-16-20(36)15-19-5-1-2-6-21(19)22)31-17-23-26(24)32-28(33-27(23)34-11-13-39(37)14-12-34)38-18-29-7-3-9-35(29)10-4-8-29/h1-2,5-6,15-17,36H,3-4,7-14,18H2. The van der Waals surface area contributed by atoms with E-state index < -0.39 is 16.6 Å². The summed E-state index contributed by atoms with van der Waals surface area (Å²) in [5.41, 5.74) is 0.739. The number of nitrogens with zero attached hydrogens (tertiary/aromatic N) is 5. The van der Waals surface area contributed by atoms with Gasteiger partial charge in [0.2, 0.25) is 0 Å². The summed E-state index contributed by atoms with van der Waals surface area (Å²) in [6.45, 7) is 3.74. The van der Waals surface area contributed by atoms with Crippen LogP contribution in [0.25, 0.3) is 32.9 Å². The molecule has 3 fully saturated rings. The molecule has 39 heavy (non-hydrogen) atoms. The zero-order valence-corrected chi connectivity index (χ0v) is 22.4. The number of anilines is 1. The van der Waals surface area contributed by atoms with Gasteiger partial charge >= 0.3 is 6.01 Å².